The number of hydrogen-bond acceptors (Lipinski definition) is 4. The fraction of sp³-hybridized carbons (Fsp3) is 0.381. The molecular weight excluding hydrogens is 328 g/mol. The molecule has 5 nitrogen and oxygen atoms in total. The standard InChI is InChI=1S/C21H26N2O3/c1-14-17(20(25)22-10-11-24)8-5-9-18(14)23-13-16-7-4-6-15-12-21(2,3)26-19(15)16/h4-9,23-24H,10-13H2,1-3H3,(H,22,25). The Kier molecular flexibility index (Phi) is 5.18. The molecule has 0 bridgehead atoms. The lowest BCUT2D eigenvalue weighted by Gasteiger charge is -2.19. The lowest BCUT2D eigenvalue weighted by Crippen LogP contribution is -2.27. The first kappa shape index (κ1) is 18.3. The van der Waals surface area contributed by atoms with Crippen LogP contribution in [0.4, 0.5) is 5.69 Å². The molecule has 5 heteroatoms. The number of ether oxygens (including phenoxy) is 1. The maximum Gasteiger partial charge on any atom is 0.251 e. The Balaban J connectivity index is 1.76. The van der Waals surface area contributed by atoms with E-state index in [0.717, 1.165) is 29.0 Å². The Morgan fingerprint density at radius 2 is 2.00 bits per heavy atom. The molecule has 1 amide bonds. The van der Waals surface area contributed by atoms with Gasteiger partial charge in [-0.25, -0.2) is 0 Å². The van der Waals surface area contributed by atoms with E-state index >= 15 is 0 Å². The zero-order chi connectivity index (χ0) is 18.7. The van der Waals surface area contributed by atoms with Crippen LogP contribution in [-0.2, 0) is 13.0 Å². The van der Waals surface area contributed by atoms with Crippen LogP contribution in [0.15, 0.2) is 36.4 Å². The van der Waals surface area contributed by atoms with Gasteiger partial charge in [0.1, 0.15) is 11.4 Å². The quantitative estimate of drug-likeness (QED) is 0.746. The summed E-state index contributed by atoms with van der Waals surface area (Å²) >= 11 is 0. The lowest BCUT2D eigenvalue weighted by molar-refractivity contribution is 0.0944. The van der Waals surface area contributed by atoms with Gasteiger partial charge in [0.2, 0.25) is 0 Å². The number of benzene rings is 2. The highest BCUT2D eigenvalue weighted by Crippen LogP contribution is 2.37. The van der Waals surface area contributed by atoms with Gasteiger partial charge in [-0.05, 0) is 44.0 Å². The summed E-state index contributed by atoms with van der Waals surface area (Å²) in [5, 5.41) is 15.0. The second-order valence-electron chi connectivity index (χ2n) is 7.26. The van der Waals surface area contributed by atoms with E-state index in [9.17, 15) is 4.79 Å². The number of aliphatic hydroxyl groups is 1. The van der Waals surface area contributed by atoms with Crippen molar-refractivity contribution in [2.24, 2.45) is 0 Å². The number of para-hydroxylation sites is 1. The summed E-state index contributed by atoms with van der Waals surface area (Å²) in [6.07, 6.45) is 0.912. The smallest absolute Gasteiger partial charge is 0.251 e. The van der Waals surface area contributed by atoms with Crippen LogP contribution in [0.3, 0.4) is 0 Å². The molecule has 2 aromatic rings. The largest absolute Gasteiger partial charge is 0.487 e. The molecule has 0 unspecified atom stereocenters. The van der Waals surface area contributed by atoms with Gasteiger partial charge in [0.15, 0.2) is 0 Å². The first-order valence-electron chi connectivity index (χ1n) is 8.93. The van der Waals surface area contributed by atoms with Gasteiger partial charge in [-0.15, -0.1) is 0 Å². The zero-order valence-corrected chi connectivity index (χ0v) is 15.6. The summed E-state index contributed by atoms with van der Waals surface area (Å²) in [6.45, 7) is 6.93. The monoisotopic (exact) mass is 354 g/mol. The van der Waals surface area contributed by atoms with E-state index in [1.54, 1.807) is 6.07 Å². The molecule has 138 valence electrons. The van der Waals surface area contributed by atoms with Gasteiger partial charge in [0, 0.05) is 36.3 Å². The number of amides is 1. The number of aliphatic hydroxyl groups excluding tert-OH is 1. The van der Waals surface area contributed by atoms with Crippen LogP contribution < -0.4 is 15.4 Å². The number of carbonyl (C=O) groups excluding carboxylic acids is 1. The molecule has 0 atom stereocenters. The molecule has 1 aliphatic rings. The van der Waals surface area contributed by atoms with Crippen LogP contribution in [0, 0.1) is 6.92 Å². The Labute approximate surface area is 154 Å². The predicted octanol–water partition coefficient (Wildman–Crippen LogP) is 3.04. The highest BCUT2D eigenvalue weighted by atomic mass is 16.5. The first-order chi connectivity index (χ1) is 12.4. The van der Waals surface area contributed by atoms with Crippen LogP contribution in [0.5, 0.6) is 5.75 Å². The van der Waals surface area contributed by atoms with E-state index in [0.29, 0.717) is 12.1 Å². The number of hydrogen-bond donors (Lipinski definition) is 3. The highest BCUT2D eigenvalue weighted by Gasteiger charge is 2.31. The zero-order valence-electron chi connectivity index (χ0n) is 15.6. The molecule has 0 radical (unpaired) electrons. The van der Waals surface area contributed by atoms with Crippen molar-refractivity contribution in [2.45, 2.75) is 39.3 Å². The van der Waals surface area contributed by atoms with Crippen molar-refractivity contribution < 1.29 is 14.6 Å². The van der Waals surface area contributed by atoms with E-state index in [1.807, 2.05) is 19.1 Å². The van der Waals surface area contributed by atoms with Gasteiger partial charge in [-0.1, -0.05) is 24.3 Å². The van der Waals surface area contributed by atoms with E-state index in [-0.39, 0.29) is 24.7 Å². The molecule has 3 rings (SSSR count). The number of rotatable bonds is 6. The van der Waals surface area contributed by atoms with Gasteiger partial charge in [-0.3, -0.25) is 4.79 Å². The normalized spacial score (nSPS) is 14.5. The summed E-state index contributed by atoms with van der Waals surface area (Å²) in [5.41, 5.74) is 4.59. The molecule has 0 fully saturated rings. The lowest BCUT2D eigenvalue weighted by atomic mass is 10.0. The summed E-state index contributed by atoms with van der Waals surface area (Å²) in [7, 11) is 0. The van der Waals surface area contributed by atoms with Crippen LogP contribution in [0.1, 0.15) is 40.9 Å². The summed E-state index contributed by atoms with van der Waals surface area (Å²) < 4.78 is 6.12. The van der Waals surface area contributed by atoms with Gasteiger partial charge in [0.05, 0.1) is 6.61 Å². The number of fused-ring (bicyclic) bond motifs is 1. The molecule has 26 heavy (non-hydrogen) atoms. The van der Waals surface area contributed by atoms with Crippen molar-refractivity contribution in [2.75, 3.05) is 18.5 Å². The number of carbonyl (C=O) groups is 1. The molecule has 0 aromatic heterocycles. The third-order valence-corrected chi connectivity index (χ3v) is 4.62. The molecule has 0 aliphatic carbocycles. The van der Waals surface area contributed by atoms with E-state index in [2.05, 4.69) is 42.7 Å². The Morgan fingerprint density at radius 3 is 2.77 bits per heavy atom. The average molecular weight is 354 g/mol. The third-order valence-electron chi connectivity index (χ3n) is 4.62. The maximum absolute atomic E-state index is 12.2. The third kappa shape index (κ3) is 3.83. The minimum Gasteiger partial charge on any atom is -0.487 e. The van der Waals surface area contributed by atoms with Crippen molar-refractivity contribution in [1.29, 1.82) is 0 Å². The van der Waals surface area contributed by atoms with Crippen molar-refractivity contribution in [1.82, 2.24) is 5.32 Å². The predicted molar refractivity (Wildman–Crippen MR) is 103 cm³/mol. The fourth-order valence-electron chi connectivity index (χ4n) is 3.35. The Hall–Kier alpha value is -2.53. The van der Waals surface area contributed by atoms with E-state index in [4.69, 9.17) is 9.84 Å². The van der Waals surface area contributed by atoms with Crippen LogP contribution in [0.2, 0.25) is 0 Å². The fourth-order valence-corrected chi connectivity index (χ4v) is 3.35. The Morgan fingerprint density at radius 1 is 1.23 bits per heavy atom. The van der Waals surface area contributed by atoms with Crippen molar-refractivity contribution in [3.05, 3.63) is 58.7 Å². The molecular formula is C21H26N2O3. The van der Waals surface area contributed by atoms with Crippen LogP contribution >= 0.6 is 0 Å². The average Bonchev–Trinajstić information content (AvgIpc) is 2.93. The second-order valence-corrected chi connectivity index (χ2v) is 7.26. The number of nitrogens with one attached hydrogen (secondary N) is 2. The van der Waals surface area contributed by atoms with Crippen molar-refractivity contribution >= 4 is 11.6 Å². The molecule has 0 saturated carbocycles. The maximum atomic E-state index is 12.2. The Bertz CT molecular complexity index is 815. The van der Waals surface area contributed by atoms with E-state index < -0.39 is 0 Å². The van der Waals surface area contributed by atoms with Gasteiger partial charge in [-0.2, -0.15) is 0 Å². The SMILES string of the molecule is Cc1c(NCc2cccc3c2OC(C)(C)C3)cccc1C(=O)NCCO. The molecule has 2 aromatic carbocycles. The molecule has 3 N–H and O–H groups in total. The minimum absolute atomic E-state index is 0.0712. The molecule has 0 spiro atoms. The van der Waals surface area contributed by atoms with Gasteiger partial charge < -0.3 is 20.5 Å². The first-order valence-corrected chi connectivity index (χ1v) is 8.93. The minimum atomic E-state index is -0.175. The van der Waals surface area contributed by atoms with Crippen molar-refractivity contribution in [3.8, 4) is 5.75 Å². The summed E-state index contributed by atoms with van der Waals surface area (Å²) in [6, 6.07) is 11.9. The van der Waals surface area contributed by atoms with Crippen LogP contribution in [-0.4, -0.2) is 29.8 Å². The van der Waals surface area contributed by atoms with Crippen LogP contribution in [0.25, 0.3) is 0 Å². The summed E-state index contributed by atoms with van der Waals surface area (Å²) in [4.78, 5) is 12.2. The molecule has 1 heterocycles. The van der Waals surface area contributed by atoms with Crippen molar-refractivity contribution in [3.63, 3.8) is 0 Å². The molecule has 0 saturated heterocycles. The summed E-state index contributed by atoms with van der Waals surface area (Å²) in [5.74, 6) is 0.797. The number of anilines is 1. The highest BCUT2D eigenvalue weighted by molar-refractivity contribution is 5.97. The second kappa shape index (κ2) is 7.38. The van der Waals surface area contributed by atoms with Gasteiger partial charge >= 0.3 is 0 Å². The van der Waals surface area contributed by atoms with E-state index in [1.165, 1.54) is 5.56 Å². The molecule has 1 aliphatic heterocycles. The van der Waals surface area contributed by atoms with Gasteiger partial charge in [0.25, 0.3) is 5.91 Å². The topological polar surface area (TPSA) is 70.6 Å².